The fourth-order valence-corrected chi connectivity index (χ4v) is 1.36. The van der Waals surface area contributed by atoms with Crippen LogP contribution < -0.4 is 0 Å². The van der Waals surface area contributed by atoms with E-state index in [2.05, 4.69) is 19.4 Å². The first-order valence-corrected chi connectivity index (χ1v) is 4.71. The normalized spacial score (nSPS) is 12.7. The van der Waals surface area contributed by atoms with Gasteiger partial charge in [0, 0.05) is 0 Å². The molecule has 0 aliphatic heterocycles. The Kier molecular flexibility index (Phi) is 3.07. The summed E-state index contributed by atoms with van der Waals surface area (Å²) in [6.07, 6.45) is -9.40. The number of aromatic nitrogens is 2. The summed E-state index contributed by atoms with van der Waals surface area (Å²) in [5.74, 6) is -5.19. The molecule has 2 aromatic rings. The van der Waals surface area contributed by atoms with Crippen LogP contribution in [0.1, 0.15) is 27.4 Å². The Morgan fingerprint density at radius 2 is 1.20 bits per heavy atom. The van der Waals surface area contributed by atoms with Gasteiger partial charge in [0.25, 0.3) is 11.5 Å². The molecule has 2 heterocycles. The fraction of sp³-hybridized carbons (Fsp3) is 0.222. The molecule has 5 nitrogen and oxygen atoms in total. The molecule has 2 rings (SSSR count). The lowest BCUT2D eigenvalue weighted by Crippen LogP contribution is -2.14. The molecule has 0 aliphatic rings. The minimum absolute atomic E-state index is 0.373. The third kappa shape index (κ3) is 2.38. The molecule has 11 heteroatoms. The number of halogens is 6. The number of nitrogens with zero attached hydrogens (tertiary/aromatic N) is 2. The number of carbonyl (C=O) groups excluding carboxylic acids is 1. The molecule has 0 atom stereocenters. The van der Waals surface area contributed by atoms with E-state index in [0.717, 1.165) is 0 Å². The molecule has 0 aliphatic carbocycles. The topological polar surface area (TPSA) is 69.1 Å². The van der Waals surface area contributed by atoms with Gasteiger partial charge in [-0.2, -0.15) is 26.3 Å². The summed E-state index contributed by atoms with van der Waals surface area (Å²) in [5, 5.41) is 5.53. The summed E-state index contributed by atoms with van der Waals surface area (Å²) in [7, 11) is 0. The van der Waals surface area contributed by atoms with E-state index in [1.165, 1.54) is 0 Å². The smallest absolute Gasteiger partial charge is 0.351 e. The number of rotatable bonds is 2. The lowest BCUT2D eigenvalue weighted by Gasteiger charge is -2.05. The Labute approximate surface area is 105 Å². The maximum absolute atomic E-state index is 12.5. The summed E-state index contributed by atoms with van der Waals surface area (Å²) in [6, 6.07) is 0. The molecule has 0 saturated carbocycles. The average molecular weight is 300 g/mol. The predicted molar refractivity (Wildman–Crippen MR) is 46.4 cm³/mol. The molecular formula is C9H2F6N2O3. The van der Waals surface area contributed by atoms with Crippen molar-refractivity contribution in [2.45, 2.75) is 12.4 Å². The molecule has 0 spiro atoms. The first-order chi connectivity index (χ1) is 9.12. The van der Waals surface area contributed by atoms with Crippen LogP contribution in [-0.2, 0) is 12.4 Å². The van der Waals surface area contributed by atoms with Gasteiger partial charge in [0.05, 0.1) is 23.5 Å². The maximum Gasteiger partial charge on any atom is 0.453 e. The van der Waals surface area contributed by atoms with Crippen LogP contribution >= 0.6 is 0 Å². The van der Waals surface area contributed by atoms with Crippen LogP contribution in [0.2, 0.25) is 0 Å². The number of carbonyl (C=O) groups is 1. The van der Waals surface area contributed by atoms with Crippen LogP contribution in [-0.4, -0.2) is 16.1 Å². The molecule has 0 unspecified atom stereocenters. The zero-order valence-corrected chi connectivity index (χ0v) is 9.04. The maximum atomic E-state index is 12.5. The van der Waals surface area contributed by atoms with Gasteiger partial charge in [0.1, 0.15) is 0 Å². The Morgan fingerprint density at radius 3 is 1.50 bits per heavy atom. The van der Waals surface area contributed by atoms with Crippen LogP contribution in [0.5, 0.6) is 0 Å². The lowest BCUT2D eigenvalue weighted by molar-refractivity contribution is -0.155. The predicted octanol–water partition coefficient (Wildman–Crippen LogP) is 2.93. The summed E-state index contributed by atoms with van der Waals surface area (Å²) >= 11 is 0. The van der Waals surface area contributed by atoms with E-state index in [-0.39, 0.29) is 0 Å². The minimum Gasteiger partial charge on any atom is -0.351 e. The number of hydrogen-bond donors (Lipinski definition) is 0. The van der Waals surface area contributed by atoms with Crippen LogP contribution in [0.15, 0.2) is 21.4 Å². The van der Waals surface area contributed by atoms with Crippen LogP contribution in [0.3, 0.4) is 0 Å². The third-order valence-corrected chi connectivity index (χ3v) is 2.15. The highest BCUT2D eigenvalue weighted by molar-refractivity contribution is 6.10. The van der Waals surface area contributed by atoms with Gasteiger partial charge in [-0.25, -0.2) is 0 Å². The molecule has 0 fully saturated rings. The zero-order chi connectivity index (χ0) is 15.1. The molecule has 20 heavy (non-hydrogen) atoms. The van der Waals surface area contributed by atoms with Crippen molar-refractivity contribution in [1.29, 1.82) is 0 Å². The summed E-state index contributed by atoms with van der Waals surface area (Å²) in [6.45, 7) is 0. The average Bonchev–Trinajstić information content (AvgIpc) is 2.95. The van der Waals surface area contributed by atoms with Gasteiger partial charge < -0.3 is 9.05 Å². The third-order valence-electron chi connectivity index (χ3n) is 2.15. The van der Waals surface area contributed by atoms with Crippen LogP contribution in [0, 0.1) is 0 Å². The number of alkyl halides is 6. The Hall–Kier alpha value is -2.33. The molecule has 108 valence electrons. The molecule has 0 amide bonds. The highest BCUT2D eigenvalue weighted by Crippen LogP contribution is 2.36. The first kappa shape index (κ1) is 14.1. The van der Waals surface area contributed by atoms with E-state index in [4.69, 9.17) is 0 Å². The number of ketones is 1. The Morgan fingerprint density at radius 1 is 0.850 bits per heavy atom. The van der Waals surface area contributed by atoms with E-state index < -0.39 is 40.8 Å². The molecule has 0 bridgehead atoms. The number of hydrogen-bond acceptors (Lipinski definition) is 5. The summed E-state index contributed by atoms with van der Waals surface area (Å²) in [4.78, 5) is 11.7. The van der Waals surface area contributed by atoms with Crippen molar-refractivity contribution in [2.24, 2.45) is 0 Å². The molecular weight excluding hydrogens is 298 g/mol. The van der Waals surface area contributed by atoms with Crippen LogP contribution in [0.25, 0.3) is 0 Å². The van der Waals surface area contributed by atoms with Crippen molar-refractivity contribution in [2.75, 3.05) is 0 Å². The monoisotopic (exact) mass is 300 g/mol. The molecule has 0 aromatic carbocycles. The van der Waals surface area contributed by atoms with Crippen molar-refractivity contribution in [3.8, 4) is 0 Å². The van der Waals surface area contributed by atoms with E-state index in [1.807, 2.05) is 0 Å². The van der Waals surface area contributed by atoms with Gasteiger partial charge in [-0.15, -0.1) is 0 Å². The van der Waals surface area contributed by atoms with Crippen molar-refractivity contribution >= 4 is 5.78 Å². The van der Waals surface area contributed by atoms with Gasteiger partial charge in [0.15, 0.2) is 0 Å². The van der Waals surface area contributed by atoms with E-state index >= 15 is 0 Å². The SMILES string of the molecule is O=C(c1cnoc1C(F)(F)F)c1cnoc1C(F)(F)F. The zero-order valence-electron chi connectivity index (χ0n) is 9.04. The molecule has 0 radical (unpaired) electrons. The standard InChI is InChI=1S/C9H2F6N2O3/c10-8(11,12)6-3(1-16-19-6)5(18)4-2-17-20-7(4)9(13,14)15/h1-2H. The van der Waals surface area contributed by atoms with Crippen molar-refractivity contribution in [3.63, 3.8) is 0 Å². The van der Waals surface area contributed by atoms with Crippen molar-refractivity contribution < 1.29 is 40.2 Å². The second-order valence-corrected chi connectivity index (χ2v) is 3.46. The molecule has 0 N–H and O–H groups in total. The second-order valence-electron chi connectivity index (χ2n) is 3.46. The molecule has 0 saturated heterocycles. The van der Waals surface area contributed by atoms with Crippen molar-refractivity contribution in [1.82, 2.24) is 10.3 Å². The quantitative estimate of drug-likeness (QED) is 0.630. The van der Waals surface area contributed by atoms with Gasteiger partial charge >= 0.3 is 12.4 Å². The van der Waals surface area contributed by atoms with E-state index in [1.54, 1.807) is 0 Å². The first-order valence-electron chi connectivity index (χ1n) is 4.71. The van der Waals surface area contributed by atoms with Gasteiger partial charge in [0.2, 0.25) is 5.78 Å². The summed E-state index contributed by atoms with van der Waals surface area (Å²) in [5.41, 5.74) is -2.32. The van der Waals surface area contributed by atoms with E-state index in [0.29, 0.717) is 12.4 Å². The van der Waals surface area contributed by atoms with Crippen molar-refractivity contribution in [3.05, 3.63) is 35.0 Å². The molecule has 2 aromatic heterocycles. The Balaban J connectivity index is 2.49. The summed E-state index contributed by atoms with van der Waals surface area (Å²) < 4.78 is 82.5. The van der Waals surface area contributed by atoms with Crippen LogP contribution in [0.4, 0.5) is 26.3 Å². The van der Waals surface area contributed by atoms with E-state index in [9.17, 15) is 31.1 Å². The lowest BCUT2D eigenvalue weighted by atomic mass is 10.0. The highest BCUT2D eigenvalue weighted by Gasteiger charge is 2.44. The minimum atomic E-state index is -5.07. The highest BCUT2D eigenvalue weighted by atomic mass is 19.4. The Bertz CT molecular complexity index is 584. The van der Waals surface area contributed by atoms with Gasteiger partial charge in [-0.3, -0.25) is 4.79 Å². The fourth-order valence-electron chi connectivity index (χ4n) is 1.36. The second kappa shape index (κ2) is 4.35. The van der Waals surface area contributed by atoms with Gasteiger partial charge in [-0.05, 0) is 0 Å². The van der Waals surface area contributed by atoms with Gasteiger partial charge in [-0.1, -0.05) is 10.3 Å². The largest absolute Gasteiger partial charge is 0.453 e.